The first kappa shape index (κ1) is 11.8. The van der Waals surface area contributed by atoms with Gasteiger partial charge in [0.2, 0.25) is 0 Å². The van der Waals surface area contributed by atoms with E-state index in [0.29, 0.717) is 5.88 Å². The van der Waals surface area contributed by atoms with E-state index in [1.54, 1.807) is 0 Å². The van der Waals surface area contributed by atoms with Gasteiger partial charge in [0.15, 0.2) is 0 Å². The van der Waals surface area contributed by atoms with Gasteiger partial charge in [-0.15, -0.1) is 11.6 Å². The first-order valence-electron chi connectivity index (χ1n) is 6.24. The monoisotopic (exact) mass is 264 g/mol. The van der Waals surface area contributed by atoms with Gasteiger partial charge in [0.1, 0.15) is 11.5 Å². The molecule has 2 aromatic heterocycles. The Balaban J connectivity index is 1.98. The number of aromatic nitrogens is 2. The van der Waals surface area contributed by atoms with Gasteiger partial charge in [-0.1, -0.05) is 6.07 Å². The second-order valence-corrected chi connectivity index (χ2v) is 5.04. The van der Waals surface area contributed by atoms with Crippen molar-refractivity contribution in [2.45, 2.75) is 5.88 Å². The molecular weight excluding hydrogens is 248 g/mol. The Morgan fingerprint density at radius 1 is 1.22 bits per heavy atom. The minimum atomic E-state index is 0.462. The lowest BCUT2D eigenvalue weighted by molar-refractivity contribution is 0.312. The summed E-state index contributed by atoms with van der Waals surface area (Å²) in [6.07, 6.45) is 2.04. The lowest BCUT2D eigenvalue weighted by Gasteiger charge is -2.34. The molecule has 1 aliphatic rings. The second-order valence-electron chi connectivity index (χ2n) is 4.77. The number of pyridine rings is 1. The topological polar surface area (TPSA) is 23.8 Å². The molecule has 1 fully saturated rings. The third-order valence-corrected chi connectivity index (χ3v) is 3.76. The van der Waals surface area contributed by atoms with Crippen molar-refractivity contribution in [3.8, 4) is 0 Å². The Hall–Kier alpha value is -1.26. The van der Waals surface area contributed by atoms with E-state index in [0.717, 1.165) is 37.5 Å². The summed E-state index contributed by atoms with van der Waals surface area (Å²) < 4.78 is 2.14. The van der Waals surface area contributed by atoms with Gasteiger partial charge in [-0.25, -0.2) is 4.98 Å². The van der Waals surface area contributed by atoms with Crippen molar-refractivity contribution in [2.24, 2.45) is 0 Å². The molecule has 18 heavy (non-hydrogen) atoms. The Labute approximate surface area is 112 Å². The summed E-state index contributed by atoms with van der Waals surface area (Å²) in [5.74, 6) is 1.67. The van der Waals surface area contributed by atoms with Crippen LogP contribution in [-0.4, -0.2) is 47.5 Å². The van der Waals surface area contributed by atoms with Gasteiger partial charge in [-0.2, -0.15) is 0 Å². The van der Waals surface area contributed by atoms with E-state index in [-0.39, 0.29) is 0 Å². The molecule has 1 saturated heterocycles. The van der Waals surface area contributed by atoms with Crippen LogP contribution in [0, 0.1) is 0 Å². The lowest BCUT2D eigenvalue weighted by atomic mass is 10.3. The lowest BCUT2D eigenvalue weighted by Crippen LogP contribution is -2.45. The van der Waals surface area contributed by atoms with Gasteiger partial charge in [0, 0.05) is 32.4 Å². The highest BCUT2D eigenvalue weighted by molar-refractivity contribution is 6.16. The van der Waals surface area contributed by atoms with Crippen LogP contribution < -0.4 is 4.90 Å². The van der Waals surface area contributed by atoms with Crippen molar-refractivity contribution in [1.82, 2.24) is 14.3 Å². The van der Waals surface area contributed by atoms with Crippen LogP contribution in [0.3, 0.4) is 0 Å². The molecule has 4 nitrogen and oxygen atoms in total. The number of hydrogen-bond donors (Lipinski definition) is 0. The molecule has 0 N–H and O–H groups in total. The molecule has 2 aromatic rings. The molecule has 0 aromatic carbocycles. The van der Waals surface area contributed by atoms with Crippen LogP contribution in [-0.2, 0) is 5.88 Å². The number of piperazine rings is 1. The summed E-state index contributed by atoms with van der Waals surface area (Å²) in [6, 6.07) is 6.24. The SMILES string of the molecule is CN1CCN(c2cccc3nc(CCl)cn23)CC1. The van der Waals surface area contributed by atoms with Crippen LogP contribution >= 0.6 is 11.6 Å². The van der Waals surface area contributed by atoms with Gasteiger partial charge in [-0.05, 0) is 19.2 Å². The molecule has 0 saturated carbocycles. The van der Waals surface area contributed by atoms with Crippen molar-refractivity contribution >= 4 is 23.1 Å². The molecule has 0 spiro atoms. The summed E-state index contributed by atoms with van der Waals surface area (Å²) in [6.45, 7) is 4.33. The molecule has 0 amide bonds. The fourth-order valence-corrected chi connectivity index (χ4v) is 2.53. The van der Waals surface area contributed by atoms with Crippen LogP contribution in [0.15, 0.2) is 24.4 Å². The van der Waals surface area contributed by atoms with Gasteiger partial charge < -0.3 is 9.80 Å². The highest BCUT2D eigenvalue weighted by atomic mass is 35.5. The molecule has 3 rings (SSSR count). The molecule has 0 radical (unpaired) electrons. The van der Waals surface area contributed by atoms with E-state index in [2.05, 4.69) is 38.4 Å². The van der Waals surface area contributed by atoms with E-state index in [1.807, 2.05) is 12.3 Å². The van der Waals surface area contributed by atoms with Crippen LogP contribution in [0.1, 0.15) is 5.69 Å². The molecule has 0 unspecified atom stereocenters. The number of halogens is 1. The maximum absolute atomic E-state index is 5.86. The molecule has 0 atom stereocenters. The highest BCUT2D eigenvalue weighted by Crippen LogP contribution is 2.19. The number of hydrogen-bond acceptors (Lipinski definition) is 3. The fraction of sp³-hybridized carbons (Fsp3) is 0.462. The normalized spacial score (nSPS) is 17.6. The van der Waals surface area contributed by atoms with Crippen molar-refractivity contribution < 1.29 is 0 Å². The molecular formula is C13H17ClN4. The van der Waals surface area contributed by atoms with Crippen molar-refractivity contribution in [2.75, 3.05) is 38.1 Å². The first-order valence-corrected chi connectivity index (χ1v) is 6.78. The van der Waals surface area contributed by atoms with Crippen molar-refractivity contribution in [3.05, 3.63) is 30.1 Å². The van der Waals surface area contributed by atoms with E-state index >= 15 is 0 Å². The maximum atomic E-state index is 5.86. The van der Waals surface area contributed by atoms with Gasteiger partial charge in [0.05, 0.1) is 11.6 Å². The zero-order chi connectivity index (χ0) is 12.5. The average molecular weight is 265 g/mol. The number of likely N-dealkylation sites (N-methyl/N-ethyl adjacent to an activating group) is 1. The Bertz CT molecular complexity index is 543. The third kappa shape index (κ3) is 2.06. The zero-order valence-electron chi connectivity index (χ0n) is 10.5. The molecule has 0 aliphatic carbocycles. The predicted molar refractivity (Wildman–Crippen MR) is 74.5 cm³/mol. The largest absolute Gasteiger partial charge is 0.355 e. The molecule has 96 valence electrons. The third-order valence-electron chi connectivity index (χ3n) is 3.48. The quantitative estimate of drug-likeness (QED) is 0.774. The molecule has 1 aliphatic heterocycles. The number of imidazole rings is 1. The van der Waals surface area contributed by atoms with E-state index in [4.69, 9.17) is 11.6 Å². The molecule has 0 bridgehead atoms. The first-order chi connectivity index (χ1) is 8.78. The summed E-state index contributed by atoms with van der Waals surface area (Å²) in [7, 11) is 2.17. The average Bonchev–Trinajstić information content (AvgIpc) is 2.82. The minimum absolute atomic E-state index is 0.462. The predicted octanol–water partition coefficient (Wildman–Crippen LogP) is 1.82. The standard InChI is InChI=1S/C13H17ClN4/c1-16-5-7-17(8-6-16)13-4-2-3-12-15-11(9-14)10-18(12)13/h2-4,10H,5-9H2,1H3. The number of nitrogens with zero attached hydrogens (tertiary/aromatic N) is 4. The van der Waals surface area contributed by atoms with Crippen LogP contribution in [0.5, 0.6) is 0 Å². The molecule has 3 heterocycles. The van der Waals surface area contributed by atoms with Crippen LogP contribution in [0.2, 0.25) is 0 Å². The second kappa shape index (κ2) is 4.78. The van der Waals surface area contributed by atoms with Crippen LogP contribution in [0.25, 0.3) is 5.65 Å². The minimum Gasteiger partial charge on any atom is -0.355 e. The fourth-order valence-electron chi connectivity index (χ4n) is 2.40. The zero-order valence-corrected chi connectivity index (χ0v) is 11.3. The van der Waals surface area contributed by atoms with Gasteiger partial charge in [-0.3, -0.25) is 4.40 Å². The number of anilines is 1. The molecule has 5 heteroatoms. The Morgan fingerprint density at radius 2 is 2.00 bits per heavy atom. The maximum Gasteiger partial charge on any atom is 0.138 e. The van der Waals surface area contributed by atoms with Crippen molar-refractivity contribution in [1.29, 1.82) is 0 Å². The number of alkyl halides is 1. The van der Waals surface area contributed by atoms with Crippen LogP contribution in [0.4, 0.5) is 5.82 Å². The van der Waals surface area contributed by atoms with E-state index in [1.165, 1.54) is 5.82 Å². The summed E-state index contributed by atoms with van der Waals surface area (Å²) in [4.78, 5) is 9.26. The van der Waals surface area contributed by atoms with Gasteiger partial charge >= 0.3 is 0 Å². The smallest absolute Gasteiger partial charge is 0.138 e. The van der Waals surface area contributed by atoms with E-state index < -0.39 is 0 Å². The number of fused-ring (bicyclic) bond motifs is 1. The summed E-state index contributed by atoms with van der Waals surface area (Å²) >= 11 is 5.86. The Kier molecular flexibility index (Phi) is 3.14. The number of rotatable bonds is 2. The highest BCUT2D eigenvalue weighted by Gasteiger charge is 2.16. The van der Waals surface area contributed by atoms with E-state index in [9.17, 15) is 0 Å². The summed E-state index contributed by atoms with van der Waals surface area (Å²) in [5, 5.41) is 0. The van der Waals surface area contributed by atoms with Gasteiger partial charge in [0.25, 0.3) is 0 Å². The summed E-state index contributed by atoms with van der Waals surface area (Å²) in [5.41, 5.74) is 1.90. The Morgan fingerprint density at radius 3 is 2.72 bits per heavy atom. The van der Waals surface area contributed by atoms with Crippen molar-refractivity contribution in [3.63, 3.8) is 0 Å².